The van der Waals surface area contributed by atoms with Gasteiger partial charge in [0.25, 0.3) is 5.91 Å². The molecule has 0 bridgehead atoms. The normalized spacial score (nSPS) is 15.9. The van der Waals surface area contributed by atoms with Gasteiger partial charge in [-0.15, -0.1) is 0 Å². The van der Waals surface area contributed by atoms with Crippen molar-refractivity contribution in [3.05, 3.63) is 40.2 Å². The molecule has 5 heteroatoms. The van der Waals surface area contributed by atoms with Gasteiger partial charge in [-0.1, -0.05) is 6.92 Å². The van der Waals surface area contributed by atoms with E-state index < -0.39 is 5.63 Å². The number of likely N-dealkylation sites (tertiary alicyclic amines) is 1. The van der Waals surface area contributed by atoms with Gasteiger partial charge in [0.15, 0.2) is 0 Å². The Morgan fingerprint density at radius 2 is 1.96 bits per heavy atom. The highest BCUT2D eigenvalue weighted by atomic mass is 16.5. The molecular formula is C19H23NO4. The molecule has 1 aromatic carbocycles. The molecule has 1 amide bonds. The van der Waals surface area contributed by atoms with Crippen molar-refractivity contribution >= 4 is 16.9 Å². The molecule has 128 valence electrons. The van der Waals surface area contributed by atoms with E-state index in [0.717, 1.165) is 25.9 Å². The van der Waals surface area contributed by atoms with E-state index in [1.807, 2.05) is 18.7 Å². The second kappa shape index (κ2) is 6.67. The van der Waals surface area contributed by atoms with Crippen LogP contribution in [0.15, 0.2) is 33.5 Å². The number of nitrogens with zero attached hydrogens (tertiary/aromatic N) is 1. The molecule has 1 fully saturated rings. The van der Waals surface area contributed by atoms with Crippen molar-refractivity contribution in [3.8, 4) is 5.75 Å². The zero-order valence-corrected chi connectivity index (χ0v) is 14.4. The highest BCUT2D eigenvalue weighted by Crippen LogP contribution is 2.25. The minimum absolute atomic E-state index is 0.0225. The molecule has 3 rings (SSSR count). The summed E-state index contributed by atoms with van der Waals surface area (Å²) in [7, 11) is 0. The molecule has 24 heavy (non-hydrogen) atoms. The standard InChI is InChI=1S/C19H23NO4/c1-12(2)23-14-4-5-15-16(11-18(21)24-17(15)10-14)19(22)20-8-6-13(3)7-9-20/h4-5,10-13H,6-9H2,1-3H3. The lowest BCUT2D eigenvalue weighted by atomic mass is 9.98. The minimum atomic E-state index is -0.516. The van der Waals surface area contributed by atoms with Crippen LogP contribution in [0.2, 0.25) is 0 Å². The fourth-order valence-corrected chi connectivity index (χ4v) is 3.05. The topological polar surface area (TPSA) is 59.8 Å². The summed E-state index contributed by atoms with van der Waals surface area (Å²) in [4.78, 5) is 26.6. The van der Waals surface area contributed by atoms with E-state index in [2.05, 4.69) is 6.92 Å². The highest BCUT2D eigenvalue weighted by Gasteiger charge is 2.24. The summed E-state index contributed by atoms with van der Waals surface area (Å²) >= 11 is 0. The summed E-state index contributed by atoms with van der Waals surface area (Å²) in [6, 6.07) is 6.56. The predicted molar refractivity (Wildman–Crippen MR) is 92.5 cm³/mol. The Morgan fingerprint density at radius 3 is 2.62 bits per heavy atom. The molecule has 0 atom stereocenters. The van der Waals surface area contributed by atoms with Gasteiger partial charge in [0.1, 0.15) is 11.3 Å². The average molecular weight is 329 g/mol. The number of benzene rings is 1. The third-order valence-electron chi connectivity index (χ3n) is 4.39. The number of piperidine rings is 1. The number of carbonyl (C=O) groups is 1. The third-order valence-corrected chi connectivity index (χ3v) is 4.39. The predicted octanol–water partition coefficient (Wildman–Crippen LogP) is 3.45. The molecule has 0 spiro atoms. The lowest BCUT2D eigenvalue weighted by molar-refractivity contribution is 0.0698. The number of fused-ring (bicyclic) bond motifs is 1. The van der Waals surface area contributed by atoms with Crippen molar-refractivity contribution in [2.75, 3.05) is 13.1 Å². The van der Waals surface area contributed by atoms with Gasteiger partial charge >= 0.3 is 5.63 Å². The summed E-state index contributed by atoms with van der Waals surface area (Å²) in [5, 5.41) is 0.648. The molecule has 0 radical (unpaired) electrons. The van der Waals surface area contributed by atoms with Gasteiger partial charge in [-0.25, -0.2) is 4.79 Å². The van der Waals surface area contributed by atoms with E-state index >= 15 is 0 Å². The maximum atomic E-state index is 12.8. The van der Waals surface area contributed by atoms with Gasteiger partial charge in [0.2, 0.25) is 0 Å². The molecule has 2 heterocycles. The van der Waals surface area contributed by atoms with Crippen LogP contribution >= 0.6 is 0 Å². The molecular weight excluding hydrogens is 306 g/mol. The molecule has 0 unspecified atom stereocenters. The van der Waals surface area contributed by atoms with E-state index in [1.54, 1.807) is 18.2 Å². The summed E-state index contributed by atoms with van der Waals surface area (Å²) in [5.41, 5.74) is 0.277. The first-order chi connectivity index (χ1) is 11.4. The van der Waals surface area contributed by atoms with Crippen LogP contribution < -0.4 is 10.4 Å². The molecule has 2 aromatic rings. The van der Waals surface area contributed by atoms with Crippen LogP contribution in [0.4, 0.5) is 0 Å². The Labute approximate surface area is 141 Å². The van der Waals surface area contributed by atoms with Gasteiger partial charge in [-0.2, -0.15) is 0 Å². The highest BCUT2D eigenvalue weighted by molar-refractivity contribution is 6.05. The quantitative estimate of drug-likeness (QED) is 0.809. The second-order valence-electron chi connectivity index (χ2n) is 6.78. The first kappa shape index (κ1) is 16.6. The van der Waals surface area contributed by atoms with Crippen LogP contribution in [-0.4, -0.2) is 30.0 Å². The third kappa shape index (κ3) is 3.45. The molecule has 0 N–H and O–H groups in total. The van der Waals surface area contributed by atoms with E-state index in [9.17, 15) is 9.59 Å². The van der Waals surface area contributed by atoms with Crippen molar-refractivity contribution in [2.24, 2.45) is 5.92 Å². The largest absolute Gasteiger partial charge is 0.491 e. The molecule has 1 aromatic heterocycles. The number of carbonyl (C=O) groups excluding carboxylic acids is 1. The van der Waals surface area contributed by atoms with E-state index in [4.69, 9.17) is 9.15 Å². The van der Waals surface area contributed by atoms with Crippen molar-refractivity contribution in [1.82, 2.24) is 4.90 Å². The Balaban J connectivity index is 1.98. The molecule has 0 aliphatic carbocycles. The summed E-state index contributed by atoms with van der Waals surface area (Å²) in [6.07, 6.45) is 2.02. The second-order valence-corrected chi connectivity index (χ2v) is 6.78. The number of ether oxygens (including phenoxy) is 1. The average Bonchev–Trinajstić information content (AvgIpc) is 2.53. The van der Waals surface area contributed by atoms with Gasteiger partial charge in [-0.3, -0.25) is 4.79 Å². The number of rotatable bonds is 3. The molecule has 5 nitrogen and oxygen atoms in total. The first-order valence-corrected chi connectivity index (χ1v) is 8.48. The Bertz CT molecular complexity index is 801. The molecule has 1 aliphatic heterocycles. The number of amides is 1. The maximum Gasteiger partial charge on any atom is 0.337 e. The fourth-order valence-electron chi connectivity index (χ4n) is 3.05. The SMILES string of the molecule is CC1CCN(C(=O)c2cc(=O)oc3cc(OC(C)C)ccc23)CC1. The Morgan fingerprint density at radius 1 is 1.25 bits per heavy atom. The summed E-state index contributed by atoms with van der Waals surface area (Å²) < 4.78 is 10.9. The van der Waals surface area contributed by atoms with E-state index in [1.165, 1.54) is 6.07 Å². The lowest BCUT2D eigenvalue weighted by Gasteiger charge is -2.30. The van der Waals surface area contributed by atoms with Crippen LogP contribution in [0.3, 0.4) is 0 Å². The van der Waals surface area contributed by atoms with Crippen molar-refractivity contribution in [1.29, 1.82) is 0 Å². The number of hydrogen-bond donors (Lipinski definition) is 0. The van der Waals surface area contributed by atoms with Gasteiger partial charge in [-0.05, 0) is 44.7 Å². The van der Waals surface area contributed by atoms with Gasteiger partial charge in [0, 0.05) is 30.6 Å². The zero-order chi connectivity index (χ0) is 17.3. The van der Waals surface area contributed by atoms with Gasteiger partial charge in [0.05, 0.1) is 11.7 Å². The van der Waals surface area contributed by atoms with Crippen molar-refractivity contribution in [3.63, 3.8) is 0 Å². The molecule has 1 saturated heterocycles. The van der Waals surface area contributed by atoms with Crippen LogP contribution in [0.1, 0.15) is 44.0 Å². The smallest absolute Gasteiger partial charge is 0.337 e. The summed E-state index contributed by atoms with van der Waals surface area (Å²) in [5.74, 6) is 1.16. The monoisotopic (exact) mass is 329 g/mol. The zero-order valence-electron chi connectivity index (χ0n) is 14.4. The Hall–Kier alpha value is -2.30. The van der Waals surface area contributed by atoms with Crippen molar-refractivity contribution in [2.45, 2.75) is 39.7 Å². The minimum Gasteiger partial charge on any atom is -0.491 e. The fraction of sp³-hybridized carbons (Fsp3) is 0.474. The van der Waals surface area contributed by atoms with E-state index in [0.29, 0.717) is 28.2 Å². The maximum absolute atomic E-state index is 12.8. The summed E-state index contributed by atoms with van der Waals surface area (Å²) in [6.45, 7) is 7.52. The van der Waals surface area contributed by atoms with Crippen LogP contribution in [-0.2, 0) is 0 Å². The molecule has 0 saturated carbocycles. The van der Waals surface area contributed by atoms with Crippen LogP contribution in [0.25, 0.3) is 11.0 Å². The Kier molecular flexibility index (Phi) is 4.60. The first-order valence-electron chi connectivity index (χ1n) is 8.48. The number of hydrogen-bond acceptors (Lipinski definition) is 4. The van der Waals surface area contributed by atoms with Crippen molar-refractivity contribution < 1.29 is 13.9 Å². The van der Waals surface area contributed by atoms with Gasteiger partial charge < -0.3 is 14.1 Å². The molecule has 1 aliphatic rings. The lowest BCUT2D eigenvalue weighted by Crippen LogP contribution is -2.38. The van der Waals surface area contributed by atoms with Crippen LogP contribution in [0, 0.1) is 5.92 Å². The van der Waals surface area contributed by atoms with Crippen LogP contribution in [0.5, 0.6) is 5.75 Å². The van der Waals surface area contributed by atoms with E-state index in [-0.39, 0.29) is 12.0 Å².